The molecule has 8 heteroatoms. The maximum atomic E-state index is 13.0. The Kier molecular flexibility index (Phi) is 5.75. The van der Waals surface area contributed by atoms with Gasteiger partial charge in [0, 0.05) is 30.9 Å². The zero-order valence-corrected chi connectivity index (χ0v) is 15.1. The molecule has 27 heavy (non-hydrogen) atoms. The fourth-order valence-electron chi connectivity index (χ4n) is 3.12. The quantitative estimate of drug-likeness (QED) is 0.591. The van der Waals surface area contributed by atoms with Crippen molar-refractivity contribution in [3.8, 4) is 0 Å². The highest BCUT2D eigenvalue weighted by molar-refractivity contribution is 6.11. The molecule has 1 saturated heterocycles. The average molecular weight is 371 g/mol. The van der Waals surface area contributed by atoms with Crippen LogP contribution in [0.4, 0.5) is 16.2 Å². The normalized spacial score (nSPS) is 16.7. The van der Waals surface area contributed by atoms with Crippen LogP contribution in [0.3, 0.4) is 0 Å². The van der Waals surface area contributed by atoms with Gasteiger partial charge in [0.1, 0.15) is 17.9 Å². The second kappa shape index (κ2) is 8.22. The van der Waals surface area contributed by atoms with Crippen LogP contribution < -0.4 is 11.1 Å². The monoisotopic (exact) mass is 371 g/mol. The minimum atomic E-state index is -0.413. The van der Waals surface area contributed by atoms with Crippen LogP contribution in [0.15, 0.2) is 30.5 Å². The predicted molar refractivity (Wildman–Crippen MR) is 100 cm³/mol. The van der Waals surface area contributed by atoms with Gasteiger partial charge in [-0.15, -0.1) is 0 Å². The predicted octanol–water partition coefficient (Wildman–Crippen LogP) is 1.89. The third-order valence-electron chi connectivity index (χ3n) is 4.80. The third kappa shape index (κ3) is 4.46. The van der Waals surface area contributed by atoms with E-state index in [2.05, 4.69) is 20.2 Å². The summed E-state index contributed by atoms with van der Waals surface area (Å²) in [6, 6.07) is 5.35. The molecule has 1 aliphatic rings. The summed E-state index contributed by atoms with van der Waals surface area (Å²) in [5.74, 6) is -0.321. The molecular weight excluding hydrogens is 349 g/mol. The molecule has 1 unspecified atom stereocenters. The number of rotatable bonds is 6. The molecule has 2 aromatic rings. The maximum absolute atomic E-state index is 13.0. The van der Waals surface area contributed by atoms with E-state index in [1.165, 1.54) is 30.5 Å². The number of carbonyl (C=O) groups is 2. The van der Waals surface area contributed by atoms with Gasteiger partial charge in [-0.1, -0.05) is 0 Å². The molecule has 3 rings (SSSR count). The number of piperidine rings is 1. The topological polar surface area (TPSA) is 101 Å². The summed E-state index contributed by atoms with van der Waals surface area (Å²) in [5.41, 5.74) is 6.45. The summed E-state index contributed by atoms with van der Waals surface area (Å²) >= 11 is 0. The maximum Gasteiger partial charge on any atom is 0.224 e. The van der Waals surface area contributed by atoms with Crippen molar-refractivity contribution in [3.05, 3.63) is 47.4 Å². The molecule has 3 N–H and O–H groups in total. The molecule has 2 heterocycles. The van der Waals surface area contributed by atoms with E-state index >= 15 is 0 Å². The number of carbonyl (C=O) groups excluding carboxylic acids is 2. The standard InChI is InChI=1S/C19H22FN5O2/c1-12(11-26)25-8-6-15(7-9-25)23-19-22-10-16(18(21)24-19)17(27)13-2-4-14(20)5-3-13/h2-5,10-12,15H,6-9H2,1H3,(H3,21,22,23,24). The van der Waals surface area contributed by atoms with Crippen LogP contribution >= 0.6 is 0 Å². The zero-order chi connectivity index (χ0) is 19.4. The second-order valence-corrected chi connectivity index (χ2v) is 6.66. The Balaban J connectivity index is 1.64. The number of halogens is 1. The van der Waals surface area contributed by atoms with Crippen LogP contribution in [0, 0.1) is 5.82 Å². The summed E-state index contributed by atoms with van der Waals surface area (Å²) in [6.07, 6.45) is 4.06. The molecule has 0 spiro atoms. The Labute approximate surface area is 156 Å². The average Bonchev–Trinajstić information content (AvgIpc) is 2.68. The van der Waals surface area contributed by atoms with Crippen molar-refractivity contribution in [1.82, 2.24) is 14.9 Å². The van der Waals surface area contributed by atoms with Gasteiger partial charge in [-0.05, 0) is 44.0 Å². The van der Waals surface area contributed by atoms with Crippen molar-refractivity contribution in [2.75, 3.05) is 24.1 Å². The Bertz CT molecular complexity index is 819. The van der Waals surface area contributed by atoms with E-state index in [-0.39, 0.29) is 29.2 Å². The number of nitrogens with two attached hydrogens (primary N) is 1. The minimum absolute atomic E-state index is 0.0744. The number of aromatic nitrogens is 2. The van der Waals surface area contributed by atoms with Crippen molar-refractivity contribution in [3.63, 3.8) is 0 Å². The zero-order valence-electron chi connectivity index (χ0n) is 15.1. The number of nitrogens with zero attached hydrogens (tertiary/aromatic N) is 3. The van der Waals surface area contributed by atoms with E-state index in [1.54, 1.807) is 0 Å². The molecule has 1 aromatic heterocycles. The van der Waals surface area contributed by atoms with Gasteiger partial charge in [-0.2, -0.15) is 4.98 Å². The highest BCUT2D eigenvalue weighted by Gasteiger charge is 2.23. The summed E-state index contributed by atoms with van der Waals surface area (Å²) in [6.45, 7) is 3.52. The SMILES string of the molecule is CC(C=O)N1CCC(Nc2ncc(C(=O)c3ccc(F)cc3)c(N)n2)CC1. The summed E-state index contributed by atoms with van der Waals surface area (Å²) in [5, 5.41) is 3.23. The van der Waals surface area contributed by atoms with E-state index in [4.69, 9.17) is 5.73 Å². The number of hydrogen-bond acceptors (Lipinski definition) is 7. The van der Waals surface area contributed by atoms with E-state index in [9.17, 15) is 14.0 Å². The number of hydrogen-bond donors (Lipinski definition) is 2. The van der Waals surface area contributed by atoms with E-state index in [0.717, 1.165) is 32.2 Å². The lowest BCUT2D eigenvalue weighted by molar-refractivity contribution is -0.112. The van der Waals surface area contributed by atoms with Gasteiger partial charge in [-0.25, -0.2) is 9.37 Å². The first-order chi connectivity index (χ1) is 13.0. The minimum Gasteiger partial charge on any atom is -0.383 e. The molecule has 1 aliphatic heterocycles. The molecule has 0 aliphatic carbocycles. The first-order valence-electron chi connectivity index (χ1n) is 8.86. The molecule has 7 nitrogen and oxygen atoms in total. The van der Waals surface area contributed by atoms with Gasteiger partial charge in [-0.3, -0.25) is 9.69 Å². The van der Waals surface area contributed by atoms with Crippen LogP contribution in [0.25, 0.3) is 0 Å². The van der Waals surface area contributed by atoms with Gasteiger partial charge >= 0.3 is 0 Å². The number of ketones is 1. The number of nitrogens with one attached hydrogen (secondary N) is 1. The van der Waals surface area contributed by atoms with Crippen molar-refractivity contribution in [1.29, 1.82) is 0 Å². The van der Waals surface area contributed by atoms with Crippen LogP contribution in [-0.2, 0) is 4.79 Å². The summed E-state index contributed by atoms with van der Waals surface area (Å²) in [7, 11) is 0. The van der Waals surface area contributed by atoms with Gasteiger partial charge < -0.3 is 15.8 Å². The van der Waals surface area contributed by atoms with Crippen LogP contribution in [-0.4, -0.2) is 52.1 Å². The van der Waals surface area contributed by atoms with Crippen LogP contribution in [0.5, 0.6) is 0 Å². The molecule has 142 valence electrons. The summed E-state index contributed by atoms with van der Waals surface area (Å²) in [4.78, 5) is 33.9. The second-order valence-electron chi connectivity index (χ2n) is 6.66. The van der Waals surface area contributed by atoms with E-state index in [0.29, 0.717) is 11.5 Å². The number of likely N-dealkylation sites (tertiary alicyclic amines) is 1. The van der Waals surface area contributed by atoms with Crippen molar-refractivity contribution in [2.45, 2.75) is 31.8 Å². The van der Waals surface area contributed by atoms with Gasteiger partial charge in [0.25, 0.3) is 0 Å². The molecule has 1 atom stereocenters. The molecular formula is C19H22FN5O2. The number of anilines is 2. The van der Waals surface area contributed by atoms with Gasteiger partial charge in [0.15, 0.2) is 5.78 Å². The Morgan fingerprint density at radius 2 is 2.00 bits per heavy atom. The number of nitrogen functional groups attached to an aromatic ring is 1. The summed E-state index contributed by atoms with van der Waals surface area (Å²) < 4.78 is 13.0. The lowest BCUT2D eigenvalue weighted by atomic mass is 10.0. The Morgan fingerprint density at radius 1 is 1.33 bits per heavy atom. The highest BCUT2D eigenvalue weighted by Crippen LogP contribution is 2.19. The Morgan fingerprint density at radius 3 is 2.59 bits per heavy atom. The lowest BCUT2D eigenvalue weighted by Crippen LogP contribution is -2.44. The first kappa shape index (κ1) is 18.9. The molecule has 0 saturated carbocycles. The van der Waals surface area contributed by atoms with Crippen molar-refractivity contribution >= 4 is 23.8 Å². The lowest BCUT2D eigenvalue weighted by Gasteiger charge is -2.34. The van der Waals surface area contributed by atoms with Crippen LogP contribution in [0.1, 0.15) is 35.7 Å². The fourth-order valence-corrected chi connectivity index (χ4v) is 3.12. The third-order valence-corrected chi connectivity index (χ3v) is 4.80. The molecule has 0 bridgehead atoms. The number of aldehydes is 1. The van der Waals surface area contributed by atoms with E-state index < -0.39 is 5.82 Å². The first-order valence-corrected chi connectivity index (χ1v) is 8.86. The number of benzene rings is 1. The largest absolute Gasteiger partial charge is 0.383 e. The molecule has 1 aromatic carbocycles. The highest BCUT2D eigenvalue weighted by atomic mass is 19.1. The van der Waals surface area contributed by atoms with Gasteiger partial charge in [0.2, 0.25) is 5.95 Å². The Hall–Kier alpha value is -2.87. The molecule has 0 radical (unpaired) electrons. The van der Waals surface area contributed by atoms with Crippen molar-refractivity contribution in [2.24, 2.45) is 0 Å². The van der Waals surface area contributed by atoms with Crippen LogP contribution in [0.2, 0.25) is 0 Å². The van der Waals surface area contributed by atoms with Gasteiger partial charge in [0.05, 0.1) is 11.6 Å². The van der Waals surface area contributed by atoms with E-state index in [1.807, 2.05) is 6.92 Å². The molecule has 0 amide bonds. The fraction of sp³-hybridized carbons (Fsp3) is 0.368. The molecule has 1 fully saturated rings. The smallest absolute Gasteiger partial charge is 0.224 e. The van der Waals surface area contributed by atoms with Crippen molar-refractivity contribution < 1.29 is 14.0 Å².